The van der Waals surface area contributed by atoms with Crippen LogP contribution in [-0.2, 0) is 27.3 Å². The number of hydrogen-bond acceptors (Lipinski definition) is 5. The molecule has 2 aromatic rings. The maximum absolute atomic E-state index is 13.2. The number of hydrogen-bond donors (Lipinski definition) is 4. The summed E-state index contributed by atoms with van der Waals surface area (Å²) in [4.78, 5) is 38.0. The molecule has 0 radical (unpaired) electrons. The Morgan fingerprint density at radius 3 is 1.94 bits per heavy atom. The van der Waals surface area contributed by atoms with Gasteiger partial charge in [0.1, 0.15) is 12.1 Å². The van der Waals surface area contributed by atoms with Crippen molar-refractivity contribution in [3.05, 3.63) is 71.8 Å². The van der Waals surface area contributed by atoms with E-state index in [2.05, 4.69) is 16.0 Å². The minimum absolute atomic E-state index is 0.0162. The number of benzene rings is 2. The largest absolute Gasteiger partial charge is 0.480 e. The van der Waals surface area contributed by atoms with Gasteiger partial charge in [-0.05, 0) is 35.5 Å². The summed E-state index contributed by atoms with van der Waals surface area (Å²) in [5.74, 6) is -1.30. The monoisotopic (exact) mass is 485 g/mol. The first kappa shape index (κ1) is 27.4. The van der Waals surface area contributed by atoms with Crippen molar-refractivity contribution in [1.82, 2.24) is 16.0 Å². The van der Waals surface area contributed by atoms with E-state index in [0.29, 0.717) is 18.7 Å². The van der Waals surface area contributed by atoms with Crippen LogP contribution in [0.25, 0.3) is 0 Å². The van der Waals surface area contributed by atoms with Crippen molar-refractivity contribution in [2.24, 2.45) is 5.92 Å². The van der Waals surface area contributed by atoms with Gasteiger partial charge in [0, 0.05) is 13.0 Å². The summed E-state index contributed by atoms with van der Waals surface area (Å²) >= 11 is 1.51. The van der Waals surface area contributed by atoms with E-state index in [1.165, 1.54) is 11.8 Å². The molecule has 0 spiro atoms. The van der Waals surface area contributed by atoms with Gasteiger partial charge in [-0.15, -0.1) is 0 Å². The van der Waals surface area contributed by atoms with Crippen molar-refractivity contribution < 1.29 is 19.5 Å². The van der Waals surface area contributed by atoms with Gasteiger partial charge >= 0.3 is 5.97 Å². The maximum atomic E-state index is 13.2. The molecule has 2 amide bonds. The van der Waals surface area contributed by atoms with Crippen LogP contribution in [0.4, 0.5) is 0 Å². The molecular weight excluding hydrogens is 450 g/mol. The predicted octanol–water partition coefficient (Wildman–Crippen LogP) is 2.85. The molecular formula is C26H35N3O4S. The minimum atomic E-state index is -1.09. The third-order valence-electron chi connectivity index (χ3n) is 5.46. The number of carboxylic acid groups (broad SMARTS) is 1. The van der Waals surface area contributed by atoms with E-state index in [9.17, 15) is 19.5 Å². The third-order valence-corrected chi connectivity index (χ3v) is 6.10. The van der Waals surface area contributed by atoms with Crippen molar-refractivity contribution in [1.29, 1.82) is 0 Å². The van der Waals surface area contributed by atoms with Gasteiger partial charge in [-0.3, -0.25) is 9.59 Å². The van der Waals surface area contributed by atoms with Crippen LogP contribution in [0.3, 0.4) is 0 Å². The molecule has 2 rings (SSSR count). The number of nitrogens with one attached hydrogen (secondary N) is 3. The molecule has 3 atom stereocenters. The summed E-state index contributed by atoms with van der Waals surface area (Å²) in [6.07, 6.45) is 2.45. The van der Waals surface area contributed by atoms with Gasteiger partial charge in [0.05, 0.1) is 6.04 Å². The van der Waals surface area contributed by atoms with Crippen molar-refractivity contribution in [3.63, 3.8) is 0 Å². The highest BCUT2D eigenvalue weighted by molar-refractivity contribution is 7.98. The Hall–Kier alpha value is -2.84. The molecule has 184 valence electrons. The summed E-state index contributed by atoms with van der Waals surface area (Å²) in [5, 5.41) is 18.3. The molecule has 0 aliphatic carbocycles. The van der Waals surface area contributed by atoms with Crippen molar-refractivity contribution in [2.75, 3.05) is 12.0 Å². The molecule has 0 aliphatic heterocycles. The fraction of sp³-hybridized carbons (Fsp3) is 0.423. The van der Waals surface area contributed by atoms with Crippen LogP contribution in [0.5, 0.6) is 0 Å². The number of carbonyl (C=O) groups is 3. The van der Waals surface area contributed by atoms with Crippen molar-refractivity contribution >= 4 is 29.5 Å². The second-order valence-corrected chi connectivity index (χ2v) is 9.51. The highest BCUT2D eigenvalue weighted by Crippen LogP contribution is 2.09. The highest BCUT2D eigenvalue weighted by atomic mass is 32.2. The van der Waals surface area contributed by atoms with Crippen LogP contribution >= 0.6 is 11.8 Å². The maximum Gasteiger partial charge on any atom is 0.326 e. The van der Waals surface area contributed by atoms with Crippen LogP contribution in [0.15, 0.2) is 60.7 Å². The molecule has 8 heteroatoms. The van der Waals surface area contributed by atoms with Crippen LogP contribution in [0.1, 0.15) is 31.4 Å². The molecule has 34 heavy (non-hydrogen) atoms. The first-order valence-electron chi connectivity index (χ1n) is 11.5. The topological polar surface area (TPSA) is 108 Å². The van der Waals surface area contributed by atoms with Gasteiger partial charge < -0.3 is 21.1 Å². The molecule has 0 heterocycles. The fourth-order valence-corrected chi connectivity index (χ4v) is 4.01. The number of amides is 2. The van der Waals surface area contributed by atoms with E-state index in [0.717, 1.165) is 11.1 Å². The molecule has 0 fully saturated rings. The molecule has 4 N–H and O–H groups in total. The van der Waals surface area contributed by atoms with Crippen molar-refractivity contribution in [3.8, 4) is 0 Å². The van der Waals surface area contributed by atoms with Crippen LogP contribution < -0.4 is 16.0 Å². The Bertz CT molecular complexity index is 909. The fourth-order valence-electron chi connectivity index (χ4n) is 3.54. The molecule has 0 aliphatic rings. The second kappa shape index (κ2) is 14.4. The van der Waals surface area contributed by atoms with Crippen LogP contribution in [0.2, 0.25) is 0 Å². The van der Waals surface area contributed by atoms with Gasteiger partial charge in [0.25, 0.3) is 0 Å². The first-order chi connectivity index (χ1) is 16.3. The van der Waals surface area contributed by atoms with Gasteiger partial charge in [0.2, 0.25) is 11.8 Å². The summed E-state index contributed by atoms with van der Waals surface area (Å²) < 4.78 is 0. The van der Waals surface area contributed by atoms with E-state index in [1.807, 2.05) is 80.8 Å². The number of thioether (sulfide) groups is 1. The lowest BCUT2D eigenvalue weighted by molar-refractivity contribution is -0.142. The summed E-state index contributed by atoms with van der Waals surface area (Å²) in [6, 6.07) is 16.7. The van der Waals surface area contributed by atoms with E-state index >= 15 is 0 Å². The van der Waals surface area contributed by atoms with E-state index in [4.69, 9.17) is 0 Å². The Kier molecular flexibility index (Phi) is 11.6. The first-order valence-corrected chi connectivity index (χ1v) is 12.8. The van der Waals surface area contributed by atoms with Gasteiger partial charge in [-0.25, -0.2) is 4.79 Å². The smallest absolute Gasteiger partial charge is 0.326 e. The Balaban J connectivity index is 2.15. The molecule has 0 unspecified atom stereocenters. The zero-order valence-electron chi connectivity index (χ0n) is 20.0. The minimum Gasteiger partial charge on any atom is -0.480 e. The van der Waals surface area contributed by atoms with E-state index in [1.54, 1.807) is 0 Å². The number of carboxylic acids is 1. The Morgan fingerprint density at radius 2 is 1.41 bits per heavy atom. The standard InChI is InChI=1S/C26H35N3O4S/c1-18(2)23(27-17-20-12-8-5-9-13-20)25(31)29-22(16-19-10-6-4-7-11-19)24(30)28-21(26(32)33)14-15-34-3/h4-13,18,21-23,27H,14-17H2,1-3H3,(H,28,30)(H,29,31)(H,32,33)/t21-,22-,23-/m0/s1. The molecule has 2 aromatic carbocycles. The Labute approximate surface area is 206 Å². The molecule has 0 bridgehead atoms. The quantitative estimate of drug-likeness (QED) is 0.328. The highest BCUT2D eigenvalue weighted by Gasteiger charge is 2.30. The lowest BCUT2D eigenvalue weighted by Crippen LogP contribution is -2.56. The molecule has 7 nitrogen and oxygen atoms in total. The number of carbonyl (C=O) groups excluding carboxylic acids is 2. The van der Waals surface area contributed by atoms with Crippen molar-refractivity contribution in [2.45, 2.75) is 51.4 Å². The number of rotatable bonds is 14. The SMILES string of the molecule is CSCC[C@H](NC(=O)[C@H](Cc1ccccc1)NC(=O)[C@@H](NCc1ccccc1)C(C)C)C(=O)O. The second-order valence-electron chi connectivity index (χ2n) is 8.52. The molecule has 0 saturated carbocycles. The molecule has 0 aromatic heterocycles. The van der Waals surface area contributed by atoms with E-state index < -0.39 is 30.0 Å². The lowest BCUT2D eigenvalue weighted by atomic mass is 10.0. The summed E-state index contributed by atoms with van der Waals surface area (Å²) in [5.41, 5.74) is 1.93. The van der Waals surface area contributed by atoms with Gasteiger partial charge in [-0.1, -0.05) is 74.5 Å². The number of aliphatic carboxylic acids is 1. The Morgan fingerprint density at radius 1 is 0.853 bits per heavy atom. The van der Waals surface area contributed by atoms with Crippen LogP contribution in [0, 0.1) is 5.92 Å². The average molecular weight is 486 g/mol. The zero-order chi connectivity index (χ0) is 24.9. The van der Waals surface area contributed by atoms with Gasteiger partial charge in [0.15, 0.2) is 0 Å². The zero-order valence-corrected chi connectivity index (χ0v) is 20.8. The van der Waals surface area contributed by atoms with Gasteiger partial charge in [-0.2, -0.15) is 11.8 Å². The molecule has 0 saturated heterocycles. The summed E-state index contributed by atoms with van der Waals surface area (Å²) in [7, 11) is 0. The summed E-state index contributed by atoms with van der Waals surface area (Å²) in [6.45, 7) is 4.40. The normalized spacial score (nSPS) is 13.6. The third kappa shape index (κ3) is 9.19. The average Bonchev–Trinajstić information content (AvgIpc) is 2.82. The lowest BCUT2D eigenvalue weighted by Gasteiger charge is -2.26. The predicted molar refractivity (Wildman–Crippen MR) is 137 cm³/mol. The van der Waals surface area contributed by atoms with E-state index in [-0.39, 0.29) is 18.2 Å². The van der Waals surface area contributed by atoms with Crippen LogP contribution in [-0.4, -0.2) is 53.0 Å².